The first-order valence-electron chi connectivity index (χ1n) is 8.31. The molecular weight excluding hydrogens is 324 g/mol. The second-order valence-electron chi connectivity index (χ2n) is 6.09. The predicted molar refractivity (Wildman–Crippen MR) is 91.6 cm³/mol. The van der Waals surface area contributed by atoms with E-state index in [1.54, 1.807) is 31.2 Å². The maximum atomic E-state index is 12.8. The van der Waals surface area contributed by atoms with Gasteiger partial charge < -0.3 is 19.7 Å². The van der Waals surface area contributed by atoms with E-state index in [0.717, 1.165) is 12.8 Å². The topological polar surface area (TPSA) is 97.6 Å². The Morgan fingerprint density at radius 2 is 2.04 bits per heavy atom. The monoisotopic (exact) mass is 344 g/mol. The molecule has 0 saturated heterocycles. The molecule has 2 N–H and O–H groups in total. The fourth-order valence-electron chi connectivity index (χ4n) is 2.79. The zero-order chi connectivity index (χ0) is 18.0. The maximum Gasteiger partial charge on any atom is 0.325 e. The van der Waals surface area contributed by atoms with Crippen molar-refractivity contribution in [2.75, 3.05) is 13.2 Å². The van der Waals surface area contributed by atoms with Gasteiger partial charge in [-0.1, -0.05) is 12.1 Å². The molecule has 7 nitrogen and oxygen atoms in total. The molecule has 1 aromatic heterocycles. The number of nitrogens with zero attached hydrogens (tertiary/aromatic N) is 1. The number of esters is 1. The minimum absolute atomic E-state index is 0.199. The van der Waals surface area contributed by atoms with E-state index in [2.05, 4.69) is 5.32 Å². The zero-order valence-corrected chi connectivity index (χ0v) is 13.9. The van der Waals surface area contributed by atoms with Crippen molar-refractivity contribution in [1.82, 2.24) is 9.88 Å². The molecule has 132 valence electrons. The number of rotatable bonds is 6. The van der Waals surface area contributed by atoms with Crippen LogP contribution in [0.5, 0.6) is 5.75 Å². The van der Waals surface area contributed by atoms with Crippen molar-refractivity contribution in [3.63, 3.8) is 0 Å². The second kappa shape index (κ2) is 6.96. The Hall–Kier alpha value is -2.83. The number of nitrogens with one attached hydrogen (secondary N) is 1. The summed E-state index contributed by atoms with van der Waals surface area (Å²) in [5.41, 5.74) is -0.299. The van der Waals surface area contributed by atoms with E-state index in [9.17, 15) is 19.5 Å². The van der Waals surface area contributed by atoms with E-state index in [1.807, 2.05) is 0 Å². The van der Waals surface area contributed by atoms with Gasteiger partial charge in [0.2, 0.25) is 0 Å². The van der Waals surface area contributed by atoms with Crippen LogP contribution < -0.4 is 10.9 Å². The van der Waals surface area contributed by atoms with Crippen LogP contribution in [0.15, 0.2) is 29.1 Å². The molecule has 1 amide bonds. The summed E-state index contributed by atoms with van der Waals surface area (Å²) in [4.78, 5) is 36.6. The minimum Gasteiger partial charge on any atom is -0.506 e. The molecule has 7 heteroatoms. The van der Waals surface area contributed by atoms with E-state index < -0.39 is 17.4 Å². The quantitative estimate of drug-likeness (QED) is 0.772. The number of para-hydroxylation sites is 1. The molecule has 0 unspecified atom stereocenters. The molecule has 25 heavy (non-hydrogen) atoms. The van der Waals surface area contributed by atoms with E-state index in [1.165, 1.54) is 4.57 Å². The Kier molecular flexibility index (Phi) is 4.74. The van der Waals surface area contributed by atoms with Crippen molar-refractivity contribution in [2.24, 2.45) is 5.92 Å². The number of benzene rings is 1. The summed E-state index contributed by atoms with van der Waals surface area (Å²) < 4.78 is 6.28. The Bertz CT molecular complexity index is 883. The molecule has 1 saturated carbocycles. The van der Waals surface area contributed by atoms with E-state index in [-0.39, 0.29) is 24.5 Å². The number of ether oxygens (including phenoxy) is 1. The number of aromatic nitrogens is 1. The van der Waals surface area contributed by atoms with Crippen LogP contribution >= 0.6 is 0 Å². The van der Waals surface area contributed by atoms with Gasteiger partial charge in [0.15, 0.2) is 0 Å². The van der Waals surface area contributed by atoms with Crippen LogP contribution in [0.25, 0.3) is 10.9 Å². The van der Waals surface area contributed by atoms with Crippen molar-refractivity contribution in [3.8, 4) is 5.75 Å². The average Bonchev–Trinajstić information content (AvgIpc) is 3.41. The number of fused-ring (bicyclic) bond motifs is 1. The number of pyridine rings is 1. The van der Waals surface area contributed by atoms with Gasteiger partial charge in [-0.05, 0) is 37.8 Å². The van der Waals surface area contributed by atoms with Gasteiger partial charge in [-0.15, -0.1) is 0 Å². The number of hydrogen-bond donors (Lipinski definition) is 2. The molecule has 3 rings (SSSR count). The predicted octanol–water partition coefficient (Wildman–Crippen LogP) is 1.41. The Morgan fingerprint density at radius 3 is 2.72 bits per heavy atom. The fraction of sp³-hybridized carbons (Fsp3) is 0.389. The lowest BCUT2D eigenvalue weighted by molar-refractivity contribution is -0.141. The Morgan fingerprint density at radius 1 is 1.32 bits per heavy atom. The second-order valence-corrected chi connectivity index (χ2v) is 6.09. The summed E-state index contributed by atoms with van der Waals surface area (Å²) in [5, 5.41) is 13.2. The van der Waals surface area contributed by atoms with E-state index >= 15 is 0 Å². The summed E-state index contributed by atoms with van der Waals surface area (Å²) in [5.74, 6) is -1.34. The molecule has 0 bridgehead atoms. The molecule has 0 radical (unpaired) electrons. The normalized spacial score (nSPS) is 13.6. The SMILES string of the molecule is CCOC(=O)CNC(=O)c1c(O)c2ccccc2n(CC2CC2)c1=O. The van der Waals surface area contributed by atoms with Gasteiger partial charge in [-0.2, -0.15) is 0 Å². The smallest absolute Gasteiger partial charge is 0.325 e. The van der Waals surface area contributed by atoms with Crippen LogP contribution in [0.1, 0.15) is 30.1 Å². The molecule has 1 aliphatic rings. The van der Waals surface area contributed by atoms with Gasteiger partial charge >= 0.3 is 5.97 Å². The van der Waals surface area contributed by atoms with Gasteiger partial charge in [0, 0.05) is 11.9 Å². The van der Waals surface area contributed by atoms with Gasteiger partial charge in [0.25, 0.3) is 11.5 Å². The van der Waals surface area contributed by atoms with Crippen LogP contribution in [0.4, 0.5) is 0 Å². The Labute approximate surface area is 144 Å². The molecule has 0 spiro atoms. The average molecular weight is 344 g/mol. The third kappa shape index (κ3) is 3.50. The van der Waals surface area contributed by atoms with Crippen LogP contribution in [-0.4, -0.2) is 34.7 Å². The highest BCUT2D eigenvalue weighted by Crippen LogP contribution is 2.33. The van der Waals surface area contributed by atoms with Crippen LogP contribution in [0.2, 0.25) is 0 Å². The summed E-state index contributed by atoms with van der Waals surface area (Å²) in [7, 11) is 0. The first-order chi connectivity index (χ1) is 12.0. The number of carbonyl (C=O) groups excluding carboxylic acids is 2. The lowest BCUT2D eigenvalue weighted by atomic mass is 10.1. The molecule has 1 aliphatic carbocycles. The van der Waals surface area contributed by atoms with E-state index in [0.29, 0.717) is 23.4 Å². The van der Waals surface area contributed by atoms with Crippen molar-refractivity contribution >= 4 is 22.8 Å². The number of amides is 1. The first-order valence-corrected chi connectivity index (χ1v) is 8.31. The van der Waals surface area contributed by atoms with Crippen molar-refractivity contribution in [2.45, 2.75) is 26.3 Å². The Balaban J connectivity index is 2.00. The molecule has 2 aromatic rings. The summed E-state index contributed by atoms with van der Waals surface area (Å²) >= 11 is 0. The highest BCUT2D eigenvalue weighted by atomic mass is 16.5. The van der Waals surface area contributed by atoms with Gasteiger partial charge in [-0.25, -0.2) is 0 Å². The lowest BCUT2D eigenvalue weighted by Gasteiger charge is -2.14. The summed E-state index contributed by atoms with van der Waals surface area (Å²) in [6.45, 7) is 2.01. The molecule has 1 aromatic carbocycles. The van der Waals surface area contributed by atoms with Crippen molar-refractivity contribution < 1.29 is 19.4 Å². The number of hydrogen-bond acceptors (Lipinski definition) is 5. The fourth-order valence-corrected chi connectivity index (χ4v) is 2.79. The molecule has 1 fully saturated rings. The maximum absolute atomic E-state index is 12.8. The van der Waals surface area contributed by atoms with Gasteiger partial charge in [0.1, 0.15) is 17.9 Å². The van der Waals surface area contributed by atoms with Crippen LogP contribution in [0.3, 0.4) is 0 Å². The first kappa shape index (κ1) is 17.0. The number of aromatic hydroxyl groups is 1. The highest BCUT2D eigenvalue weighted by molar-refractivity contribution is 6.03. The standard InChI is InChI=1S/C18H20N2O5/c1-2-25-14(21)9-19-17(23)15-16(22)12-5-3-4-6-13(12)20(18(15)24)10-11-7-8-11/h3-6,11,22H,2,7-10H2,1H3,(H,19,23). The van der Waals surface area contributed by atoms with Gasteiger partial charge in [-0.3, -0.25) is 14.4 Å². The lowest BCUT2D eigenvalue weighted by Crippen LogP contribution is -2.36. The largest absolute Gasteiger partial charge is 0.506 e. The zero-order valence-electron chi connectivity index (χ0n) is 13.9. The molecule has 1 heterocycles. The number of carbonyl (C=O) groups is 2. The van der Waals surface area contributed by atoms with Gasteiger partial charge in [0.05, 0.1) is 12.1 Å². The molecule has 0 aliphatic heterocycles. The minimum atomic E-state index is -0.786. The van der Waals surface area contributed by atoms with Crippen LogP contribution in [0, 0.1) is 5.92 Å². The highest BCUT2D eigenvalue weighted by Gasteiger charge is 2.27. The summed E-state index contributed by atoms with van der Waals surface area (Å²) in [6, 6.07) is 6.92. The van der Waals surface area contributed by atoms with Crippen molar-refractivity contribution in [3.05, 3.63) is 40.2 Å². The van der Waals surface area contributed by atoms with E-state index in [4.69, 9.17) is 4.74 Å². The van der Waals surface area contributed by atoms with Crippen molar-refractivity contribution in [1.29, 1.82) is 0 Å². The third-order valence-corrected chi connectivity index (χ3v) is 4.21. The molecular formula is C18H20N2O5. The molecule has 0 atom stereocenters. The third-order valence-electron chi connectivity index (χ3n) is 4.21. The summed E-state index contributed by atoms with van der Waals surface area (Å²) in [6.07, 6.45) is 2.10. The van der Waals surface area contributed by atoms with Crippen LogP contribution in [-0.2, 0) is 16.1 Å².